The van der Waals surface area contributed by atoms with Gasteiger partial charge in [-0.3, -0.25) is 9.36 Å². The molecule has 0 saturated heterocycles. The molecule has 146 valence electrons. The number of aromatic nitrogens is 4. The average molecular weight is 426 g/mol. The molecule has 0 aliphatic carbocycles. The summed E-state index contributed by atoms with van der Waals surface area (Å²) in [6.45, 7) is 4.24. The lowest BCUT2D eigenvalue weighted by molar-refractivity contribution is -0.113. The van der Waals surface area contributed by atoms with Crippen LogP contribution in [0.4, 0.5) is 9.52 Å². The van der Waals surface area contributed by atoms with E-state index in [9.17, 15) is 9.18 Å². The summed E-state index contributed by atoms with van der Waals surface area (Å²) in [6, 6.07) is 13.8. The predicted octanol–water partition coefficient (Wildman–Crippen LogP) is 4.61. The van der Waals surface area contributed by atoms with Crippen LogP contribution in [0.2, 0.25) is 0 Å². The summed E-state index contributed by atoms with van der Waals surface area (Å²) in [5.41, 5.74) is 1.60. The van der Waals surface area contributed by atoms with E-state index in [1.54, 1.807) is 18.2 Å². The Kier molecular flexibility index (Phi) is 5.68. The first kappa shape index (κ1) is 19.3. The van der Waals surface area contributed by atoms with Gasteiger partial charge in [0.15, 0.2) is 16.1 Å². The number of para-hydroxylation sites is 1. The van der Waals surface area contributed by atoms with Crippen LogP contribution in [0.3, 0.4) is 0 Å². The summed E-state index contributed by atoms with van der Waals surface area (Å²) >= 11 is 2.70. The Balaban J connectivity index is 1.46. The van der Waals surface area contributed by atoms with Crippen molar-refractivity contribution in [3.8, 4) is 11.4 Å². The lowest BCUT2D eigenvalue weighted by Crippen LogP contribution is -2.14. The van der Waals surface area contributed by atoms with E-state index in [-0.39, 0.29) is 17.5 Å². The minimum Gasteiger partial charge on any atom is -0.301 e. The minimum absolute atomic E-state index is 0.161. The van der Waals surface area contributed by atoms with Crippen LogP contribution in [0, 0.1) is 5.82 Å². The normalized spacial score (nSPS) is 10.9. The highest BCUT2D eigenvalue weighted by Crippen LogP contribution is 2.27. The van der Waals surface area contributed by atoms with Crippen molar-refractivity contribution in [1.29, 1.82) is 0 Å². The van der Waals surface area contributed by atoms with Crippen molar-refractivity contribution in [3.05, 3.63) is 67.0 Å². The number of rotatable bonds is 7. The van der Waals surface area contributed by atoms with Gasteiger partial charge in [0, 0.05) is 12.1 Å². The average Bonchev–Trinajstić information content (AvgIpc) is 3.31. The molecule has 0 aliphatic rings. The molecule has 2 aromatic heterocycles. The fourth-order valence-electron chi connectivity index (χ4n) is 2.71. The summed E-state index contributed by atoms with van der Waals surface area (Å²) in [4.78, 5) is 16.8. The van der Waals surface area contributed by atoms with E-state index in [0.717, 1.165) is 15.8 Å². The number of thioether (sulfide) groups is 1. The summed E-state index contributed by atoms with van der Waals surface area (Å²) in [5.74, 6) is 0.267. The second-order valence-electron chi connectivity index (χ2n) is 6.04. The molecule has 0 fully saturated rings. The zero-order valence-electron chi connectivity index (χ0n) is 15.2. The topological polar surface area (TPSA) is 72.7 Å². The zero-order valence-corrected chi connectivity index (χ0v) is 16.8. The molecule has 0 bridgehead atoms. The Morgan fingerprint density at radius 2 is 2.00 bits per heavy atom. The van der Waals surface area contributed by atoms with Crippen LogP contribution in [-0.4, -0.2) is 31.4 Å². The molecule has 0 unspecified atom stereocenters. The van der Waals surface area contributed by atoms with E-state index < -0.39 is 0 Å². The number of benzene rings is 2. The number of carbonyl (C=O) groups is 1. The zero-order chi connectivity index (χ0) is 20.2. The SMILES string of the molecule is C=CCn1c(SCC(=O)Nc2nc3ccccc3s2)nnc1-c1ccc(F)cc1. The van der Waals surface area contributed by atoms with Crippen LogP contribution in [0.5, 0.6) is 0 Å². The summed E-state index contributed by atoms with van der Waals surface area (Å²) in [7, 11) is 0. The molecular formula is C20H16FN5OS2. The highest BCUT2D eigenvalue weighted by Gasteiger charge is 2.16. The molecule has 0 saturated carbocycles. The molecule has 0 atom stereocenters. The van der Waals surface area contributed by atoms with Crippen LogP contribution in [0.15, 0.2) is 66.3 Å². The molecule has 2 heterocycles. The van der Waals surface area contributed by atoms with Gasteiger partial charge in [-0.15, -0.1) is 16.8 Å². The Hall–Kier alpha value is -3.04. The van der Waals surface area contributed by atoms with E-state index in [1.807, 2.05) is 28.8 Å². The number of allylic oxidation sites excluding steroid dienone is 1. The molecule has 0 radical (unpaired) electrons. The van der Waals surface area contributed by atoms with Crippen molar-refractivity contribution >= 4 is 44.4 Å². The Morgan fingerprint density at radius 1 is 1.21 bits per heavy atom. The number of nitrogens with zero attached hydrogens (tertiary/aromatic N) is 4. The summed E-state index contributed by atoms with van der Waals surface area (Å²) < 4.78 is 16.1. The second-order valence-corrected chi connectivity index (χ2v) is 8.01. The van der Waals surface area contributed by atoms with Gasteiger partial charge < -0.3 is 5.32 Å². The number of fused-ring (bicyclic) bond motifs is 1. The lowest BCUT2D eigenvalue weighted by atomic mass is 10.2. The first-order chi connectivity index (χ1) is 14.1. The van der Waals surface area contributed by atoms with Gasteiger partial charge in [-0.25, -0.2) is 9.37 Å². The quantitative estimate of drug-likeness (QED) is 0.346. The van der Waals surface area contributed by atoms with Crippen molar-refractivity contribution in [2.45, 2.75) is 11.7 Å². The van der Waals surface area contributed by atoms with Crippen LogP contribution in [0.1, 0.15) is 0 Å². The number of nitrogens with one attached hydrogen (secondary N) is 1. The Labute approximate surface area is 174 Å². The molecule has 6 nitrogen and oxygen atoms in total. The van der Waals surface area contributed by atoms with Gasteiger partial charge in [-0.2, -0.15) is 0 Å². The van der Waals surface area contributed by atoms with Crippen molar-refractivity contribution in [2.75, 3.05) is 11.1 Å². The number of hydrogen-bond donors (Lipinski definition) is 1. The smallest absolute Gasteiger partial charge is 0.236 e. The number of halogens is 1. The molecule has 0 spiro atoms. The van der Waals surface area contributed by atoms with E-state index in [0.29, 0.717) is 22.7 Å². The van der Waals surface area contributed by atoms with Crippen LogP contribution in [0.25, 0.3) is 21.6 Å². The molecule has 29 heavy (non-hydrogen) atoms. The summed E-state index contributed by atoms with van der Waals surface area (Å²) in [5, 5.41) is 12.4. The maximum Gasteiger partial charge on any atom is 0.236 e. The Bertz CT molecular complexity index is 1140. The molecule has 4 rings (SSSR count). The third-order valence-corrected chi connectivity index (χ3v) is 5.92. The minimum atomic E-state index is -0.315. The predicted molar refractivity (Wildman–Crippen MR) is 115 cm³/mol. The largest absolute Gasteiger partial charge is 0.301 e. The molecule has 0 aliphatic heterocycles. The van der Waals surface area contributed by atoms with Gasteiger partial charge in [0.2, 0.25) is 5.91 Å². The van der Waals surface area contributed by atoms with E-state index in [4.69, 9.17) is 0 Å². The number of amides is 1. The number of carbonyl (C=O) groups excluding carboxylic acids is 1. The number of hydrogen-bond acceptors (Lipinski definition) is 6. The molecular weight excluding hydrogens is 409 g/mol. The van der Waals surface area contributed by atoms with Gasteiger partial charge >= 0.3 is 0 Å². The number of anilines is 1. The maximum absolute atomic E-state index is 13.2. The molecule has 4 aromatic rings. The lowest BCUT2D eigenvalue weighted by Gasteiger charge is -2.07. The van der Waals surface area contributed by atoms with E-state index >= 15 is 0 Å². The number of thiazole rings is 1. The van der Waals surface area contributed by atoms with E-state index in [1.165, 1.54) is 35.2 Å². The van der Waals surface area contributed by atoms with E-state index in [2.05, 4.69) is 27.1 Å². The van der Waals surface area contributed by atoms with Crippen LogP contribution in [-0.2, 0) is 11.3 Å². The maximum atomic E-state index is 13.2. The first-order valence-corrected chi connectivity index (χ1v) is 10.5. The highest BCUT2D eigenvalue weighted by atomic mass is 32.2. The van der Waals surface area contributed by atoms with Crippen molar-refractivity contribution < 1.29 is 9.18 Å². The monoisotopic (exact) mass is 425 g/mol. The van der Waals surface area contributed by atoms with Gasteiger partial charge in [0.1, 0.15) is 5.82 Å². The van der Waals surface area contributed by atoms with Crippen molar-refractivity contribution in [1.82, 2.24) is 19.7 Å². The van der Waals surface area contributed by atoms with Gasteiger partial charge in [-0.1, -0.05) is 41.3 Å². The Morgan fingerprint density at radius 3 is 2.76 bits per heavy atom. The highest BCUT2D eigenvalue weighted by molar-refractivity contribution is 7.99. The van der Waals surface area contributed by atoms with Gasteiger partial charge in [-0.05, 0) is 36.4 Å². The molecule has 1 amide bonds. The fraction of sp³-hybridized carbons (Fsp3) is 0.100. The molecule has 2 aromatic carbocycles. The third kappa shape index (κ3) is 4.36. The van der Waals surface area contributed by atoms with Crippen LogP contribution < -0.4 is 5.32 Å². The molecule has 1 N–H and O–H groups in total. The van der Waals surface area contributed by atoms with Crippen LogP contribution >= 0.6 is 23.1 Å². The summed E-state index contributed by atoms with van der Waals surface area (Å²) in [6.07, 6.45) is 1.72. The third-order valence-electron chi connectivity index (χ3n) is 4.00. The second kappa shape index (κ2) is 8.54. The first-order valence-electron chi connectivity index (χ1n) is 8.72. The van der Waals surface area contributed by atoms with Gasteiger partial charge in [0.05, 0.1) is 16.0 Å². The van der Waals surface area contributed by atoms with Crippen molar-refractivity contribution in [2.24, 2.45) is 0 Å². The van der Waals surface area contributed by atoms with Crippen molar-refractivity contribution in [3.63, 3.8) is 0 Å². The van der Waals surface area contributed by atoms with Gasteiger partial charge in [0.25, 0.3) is 0 Å². The molecule has 9 heteroatoms. The fourth-order valence-corrected chi connectivity index (χ4v) is 4.34. The standard InChI is InChI=1S/C20H16FN5OS2/c1-2-11-26-18(13-7-9-14(21)10-8-13)24-25-20(26)28-12-17(27)23-19-22-15-5-3-4-6-16(15)29-19/h2-10H,1,11-12H2,(H,22,23,27).